The molecule has 0 aromatic rings. The Bertz CT molecular complexity index is 119. The van der Waals surface area contributed by atoms with Gasteiger partial charge >= 0.3 is 0 Å². The van der Waals surface area contributed by atoms with Crippen molar-refractivity contribution in [3.8, 4) is 0 Å². The molecule has 8 heavy (non-hydrogen) atoms. The highest BCUT2D eigenvalue weighted by Gasteiger charge is 2.13. The summed E-state index contributed by atoms with van der Waals surface area (Å²) in [5, 5.41) is 0. The second-order valence-electron chi connectivity index (χ2n) is 2.19. The molecule has 0 aromatic carbocycles. The van der Waals surface area contributed by atoms with Crippen LogP contribution in [0.25, 0.3) is 0 Å². The van der Waals surface area contributed by atoms with E-state index in [1.807, 2.05) is 7.05 Å². The van der Waals surface area contributed by atoms with Crippen molar-refractivity contribution in [3.63, 3.8) is 0 Å². The van der Waals surface area contributed by atoms with E-state index in [4.69, 9.17) is 0 Å². The highest BCUT2D eigenvalue weighted by atomic mass is 15.1. The maximum absolute atomic E-state index is 3.85. The summed E-state index contributed by atoms with van der Waals surface area (Å²) in [5.41, 5.74) is 2.38. The topological polar surface area (TPSA) is 3.24 Å². The number of hydrogen-bond donors (Lipinski definition) is 0. The molecule has 0 N–H and O–H groups in total. The van der Waals surface area contributed by atoms with Crippen LogP contribution in [0.15, 0.2) is 24.6 Å². The second-order valence-corrected chi connectivity index (χ2v) is 2.19. The highest BCUT2D eigenvalue weighted by Crippen LogP contribution is 2.24. The third-order valence-electron chi connectivity index (χ3n) is 1.65. The van der Waals surface area contributed by atoms with Gasteiger partial charge in [-0.1, -0.05) is 13.2 Å². The largest absolute Gasteiger partial charge is 0.353 e. The number of likely N-dealkylation sites (tertiary alicyclic amines) is 1. The molecule has 0 spiro atoms. The fourth-order valence-corrected chi connectivity index (χ4v) is 0.848. The summed E-state index contributed by atoms with van der Waals surface area (Å²) >= 11 is 0. The summed E-state index contributed by atoms with van der Waals surface area (Å²) in [6.07, 6.45) is 2.19. The first-order chi connectivity index (χ1) is 3.72. The molecule has 44 valence electrons. The predicted octanol–water partition coefficient (Wildman–Crippen LogP) is 1.74. The van der Waals surface area contributed by atoms with Gasteiger partial charge in [-0.3, -0.25) is 0 Å². The lowest BCUT2D eigenvalue weighted by Crippen LogP contribution is -2.05. The summed E-state index contributed by atoms with van der Waals surface area (Å²) in [6, 6.07) is 0. The molecule has 1 rings (SSSR count). The first kappa shape index (κ1) is 5.42. The van der Waals surface area contributed by atoms with E-state index >= 15 is 0 Å². The minimum absolute atomic E-state index is 1.09. The summed E-state index contributed by atoms with van der Waals surface area (Å²) in [4.78, 5) is 2.06. The van der Waals surface area contributed by atoms with Gasteiger partial charge in [0.15, 0.2) is 0 Å². The van der Waals surface area contributed by atoms with Gasteiger partial charge < -0.3 is 4.90 Å². The van der Waals surface area contributed by atoms with Crippen LogP contribution in [0.4, 0.5) is 0 Å². The lowest BCUT2D eigenvalue weighted by Gasteiger charge is -2.11. The van der Waals surface area contributed by atoms with E-state index in [1.165, 1.54) is 11.4 Å². The van der Waals surface area contributed by atoms with Gasteiger partial charge in [0.25, 0.3) is 0 Å². The normalized spacial score (nSPS) is 20.4. The van der Waals surface area contributed by atoms with Crippen molar-refractivity contribution < 1.29 is 0 Å². The van der Waals surface area contributed by atoms with Gasteiger partial charge in [0.05, 0.1) is 0 Å². The highest BCUT2D eigenvalue weighted by molar-refractivity contribution is 5.14. The molecule has 1 heterocycles. The SMILES string of the molecule is C=C1CCC(=C)N1C. The molecule has 1 aliphatic heterocycles. The molecule has 0 saturated carbocycles. The molecule has 1 fully saturated rings. The quantitative estimate of drug-likeness (QED) is 0.458. The zero-order valence-electron chi connectivity index (χ0n) is 5.28. The van der Waals surface area contributed by atoms with Crippen molar-refractivity contribution in [3.05, 3.63) is 24.6 Å². The van der Waals surface area contributed by atoms with Crippen LogP contribution in [0, 0.1) is 0 Å². The monoisotopic (exact) mass is 109 g/mol. The lowest BCUT2D eigenvalue weighted by molar-refractivity contribution is 0.564. The molecule has 0 radical (unpaired) electrons. The van der Waals surface area contributed by atoms with E-state index in [0.29, 0.717) is 0 Å². The molecule has 0 aromatic heterocycles. The van der Waals surface area contributed by atoms with Crippen LogP contribution in [-0.4, -0.2) is 11.9 Å². The van der Waals surface area contributed by atoms with E-state index < -0.39 is 0 Å². The first-order valence-electron chi connectivity index (χ1n) is 2.81. The van der Waals surface area contributed by atoms with Crippen LogP contribution >= 0.6 is 0 Å². The minimum Gasteiger partial charge on any atom is -0.353 e. The molecule has 0 aliphatic carbocycles. The average molecular weight is 109 g/mol. The second kappa shape index (κ2) is 1.66. The number of nitrogens with zero attached hydrogens (tertiary/aromatic N) is 1. The van der Waals surface area contributed by atoms with Crippen molar-refractivity contribution in [1.29, 1.82) is 0 Å². The van der Waals surface area contributed by atoms with Crippen LogP contribution in [0.5, 0.6) is 0 Å². The Labute approximate surface area is 50.3 Å². The fraction of sp³-hybridized carbons (Fsp3) is 0.429. The Kier molecular flexibility index (Phi) is 1.12. The fourth-order valence-electron chi connectivity index (χ4n) is 0.848. The third kappa shape index (κ3) is 0.641. The first-order valence-corrected chi connectivity index (χ1v) is 2.81. The summed E-state index contributed by atoms with van der Waals surface area (Å²) < 4.78 is 0. The molecule has 1 saturated heterocycles. The molecule has 0 bridgehead atoms. The smallest absolute Gasteiger partial charge is 0.0111 e. The van der Waals surface area contributed by atoms with Gasteiger partial charge in [-0.25, -0.2) is 0 Å². The van der Waals surface area contributed by atoms with Crippen molar-refractivity contribution in [1.82, 2.24) is 4.90 Å². The Morgan fingerprint density at radius 2 is 1.62 bits per heavy atom. The lowest BCUT2D eigenvalue weighted by atomic mass is 10.3. The summed E-state index contributed by atoms with van der Waals surface area (Å²) in [6.45, 7) is 7.70. The van der Waals surface area contributed by atoms with Crippen molar-refractivity contribution >= 4 is 0 Å². The zero-order chi connectivity index (χ0) is 6.15. The van der Waals surface area contributed by atoms with E-state index in [9.17, 15) is 0 Å². The average Bonchev–Trinajstić information content (AvgIpc) is 1.98. The van der Waals surface area contributed by atoms with Gasteiger partial charge in [-0.15, -0.1) is 0 Å². The maximum atomic E-state index is 3.85. The van der Waals surface area contributed by atoms with Gasteiger partial charge in [-0.05, 0) is 12.8 Å². The van der Waals surface area contributed by atoms with Gasteiger partial charge in [0, 0.05) is 18.4 Å². The standard InChI is InChI=1S/C7H11N/c1-6-4-5-7(2)8(6)3/h1-2,4-5H2,3H3. The van der Waals surface area contributed by atoms with Crippen molar-refractivity contribution in [2.45, 2.75) is 12.8 Å². The minimum atomic E-state index is 1.09. The molecular weight excluding hydrogens is 98.1 g/mol. The zero-order valence-corrected chi connectivity index (χ0v) is 5.28. The summed E-state index contributed by atoms with van der Waals surface area (Å²) in [7, 11) is 2.01. The number of allylic oxidation sites excluding steroid dienone is 2. The Morgan fingerprint density at radius 3 is 1.75 bits per heavy atom. The van der Waals surface area contributed by atoms with Gasteiger partial charge in [-0.2, -0.15) is 0 Å². The van der Waals surface area contributed by atoms with Crippen LogP contribution < -0.4 is 0 Å². The molecule has 1 nitrogen and oxygen atoms in total. The third-order valence-corrected chi connectivity index (χ3v) is 1.65. The van der Waals surface area contributed by atoms with Gasteiger partial charge in [0.1, 0.15) is 0 Å². The van der Waals surface area contributed by atoms with Crippen LogP contribution in [0.1, 0.15) is 12.8 Å². The molecular formula is C7H11N. The van der Waals surface area contributed by atoms with Gasteiger partial charge in [0.2, 0.25) is 0 Å². The Hall–Kier alpha value is -0.720. The number of hydrogen-bond acceptors (Lipinski definition) is 1. The Balaban J connectivity index is 2.70. The predicted molar refractivity (Wildman–Crippen MR) is 35.3 cm³/mol. The number of rotatable bonds is 0. The van der Waals surface area contributed by atoms with E-state index in [1.54, 1.807) is 0 Å². The molecule has 1 heteroatoms. The van der Waals surface area contributed by atoms with E-state index in [-0.39, 0.29) is 0 Å². The maximum Gasteiger partial charge on any atom is 0.0111 e. The van der Waals surface area contributed by atoms with Crippen molar-refractivity contribution in [2.24, 2.45) is 0 Å². The van der Waals surface area contributed by atoms with Crippen molar-refractivity contribution in [2.75, 3.05) is 7.05 Å². The Morgan fingerprint density at radius 1 is 1.25 bits per heavy atom. The molecule has 0 atom stereocenters. The van der Waals surface area contributed by atoms with Crippen LogP contribution in [0.3, 0.4) is 0 Å². The summed E-state index contributed by atoms with van der Waals surface area (Å²) in [5.74, 6) is 0. The van der Waals surface area contributed by atoms with E-state index in [0.717, 1.165) is 12.8 Å². The molecule has 0 unspecified atom stereocenters. The molecule has 1 aliphatic rings. The van der Waals surface area contributed by atoms with Crippen LogP contribution in [0.2, 0.25) is 0 Å². The van der Waals surface area contributed by atoms with E-state index in [2.05, 4.69) is 18.1 Å². The van der Waals surface area contributed by atoms with Crippen LogP contribution in [-0.2, 0) is 0 Å². The molecule has 0 amide bonds.